The SMILES string of the molecule is O=C(c1cn2c(=O)c(-c3ccc(OCc4ccccc4)cc3)ccc2c2sccc12)N(CCC1CNCCO1)c1ccccc1. The standard InChI is InChI=1S/C37H33N3O4S/c41-36-31(27-11-13-29(14-12-27)44-25-26-7-3-1-4-8-26)15-16-34-35-32(18-22-45-35)33(24-40(34)36)37(42)39(28-9-5-2-6-10-28)20-17-30-23-38-19-21-43-30/h1-16,18,22,24,30,38H,17,19-21,23,25H2. The van der Waals surface area contributed by atoms with E-state index in [1.807, 2.05) is 109 Å². The fourth-order valence-corrected chi connectivity index (χ4v) is 6.76. The molecule has 1 N–H and O–H groups in total. The van der Waals surface area contributed by atoms with Crippen LogP contribution in [0.2, 0.25) is 0 Å². The number of benzene rings is 3. The Bertz CT molecular complexity index is 1980. The van der Waals surface area contributed by atoms with Gasteiger partial charge in [0.1, 0.15) is 12.4 Å². The number of carbonyl (C=O) groups excluding carboxylic acids is 1. The molecule has 0 saturated carbocycles. The summed E-state index contributed by atoms with van der Waals surface area (Å²) in [7, 11) is 0. The number of carbonyl (C=O) groups is 1. The summed E-state index contributed by atoms with van der Waals surface area (Å²) < 4.78 is 14.4. The van der Waals surface area contributed by atoms with E-state index in [4.69, 9.17) is 9.47 Å². The van der Waals surface area contributed by atoms with Crippen molar-refractivity contribution < 1.29 is 14.3 Å². The molecule has 1 fully saturated rings. The number of nitrogens with zero attached hydrogens (tertiary/aromatic N) is 2. The predicted molar refractivity (Wildman–Crippen MR) is 181 cm³/mol. The van der Waals surface area contributed by atoms with Crippen LogP contribution in [-0.2, 0) is 11.3 Å². The Morgan fingerprint density at radius 3 is 2.49 bits per heavy atom. The van der Waals surface area contributed by atoms with Crippen molar-refractivity contribution >= 4 is 38.5 Å². The van der Waals surface area contributed by atoms with Crippen molar-refractivity contribution in [1.29, 1.82) is 0 Å². The Labute approximate surface area is 265 Å². The maximum atomic E-state index is 14.4. The van der Waals surface area contributed by atoms with E-state index in [1.54, 1.807) is 15.5 Å². The lowest BCUT2D eigenvalue weighted by Gasteiger charge is -2.28. The van der Waals surface area contributed by atoms with Gasteiger partial charge in [-0.2, -0.15) is 0 Å². The molecule has 1 atom stereocenters. The highest BCUT2D eigenvalue weighted by Crippen LogP contribution is 2.31. The third-order valence-electron chi connectivity index (χ3n) is 8.20. The van der Waals surface area contributed by atoms with Crippen molar-refractivity contribution in [3.8, 4) is 16.9 Å². The van der Waals surface area contributed by atoms with E-state index < -0.39 is 0 Å². The lowest BCUT2D eigenvalue weighted by Crippen LogP contribution is -2.41. The second-order valence-electron chi connectivity index (χ2n) is 11.1. The monoisotopic (exact) mass is 615 g/mol. The molecule has 3 aromatic carbocycles. The topological polar surface area (TPSA) is 72.3 Å². The molecule has 0 radical (unpaired) electrons. The maximum absolute atomic E-state index is 14.4. The van der Waals surface area contributed by atoms with Crippen LogP contribution in [0.15, 0.2) is 119 Å². The molecule has 0 bridgehead atoms. The number of ether oxygens (including phenoxy) is 2. The van der Waals surface area contributed by atoms with Crippen molar-refractivity contribution in [2.24, 2.45) is 0 Å². The normalized spacial score (nSPS) is 14.9. The van der Waals surface area contributed by atoms with Crippen LogP contribution in [0, 0.1) is 0 Å². The Kier molecular flexibility index (Phi) is 8.42. The van der Waals surface area contributed by atoms with E-state index in [0.29, 0.717) is 37.3 Å². The number of nitrogens with one attached hydrogen (secondary N) is 1. The number of pyridine rings is 2. The van der Waals surface area contributed by atoms with Crippen LogP contribution in [-0.4, -0.2) is 42.7 Å². The van der Waals surface area contributed by atoms with Gasteiger partial charge in [0.25, 0.3) is 11.5 Å². The number of anilines is 1. The highest BCUT2D eigenvalue weighted by atomic mass is 32.1. The number of hydrogen-bond acceptors (Lipinski definition) is 6. The summed E-state index contributed by atoms with van der Waals surface area (Å²) in [4.78, 5) is 30.2. The molecule has 1 unspecified atom stereocenters. The van der Waals surface area contributed by atoms with Gasteiger partial charge in [-0.1, -0.05) is 60.7 Å². The fraction of sp³-hybridized carbons (Fsp3) is 0.189. The van der Waals surface area contributed by atoms with Crippen molar-refractivity contribution in [3.05, 3.63) is 136 Å². The summed E-state index contributed by atoms with van der Waals surface area (Å²) in [6.07, 6.45) is 2.45. The second-order valence-corrected chi connectivity index (χ2v) is 12.0. The van der Waals surface area contributed by atoms with Crippen molar-refractivity contribution in [2.75, 3.05) is 31.1 Å². The van der Waals surface area contributed by atoms with E-state index in [-0.39, 0.29) is 17.6 Å². The summed E-state index contributed by atoms with van der Waals surface area (Å²) in [5.74, 6) is 0.583. The van der Waals surface area contributed by atoms with Gasteiger partial charge < -0.3 is 19.7 Å². The number of morpholine rings is 1. The molecule has 3 aromatic heterocycles. The minimum Gasteiger partial charge on any atom is -0.489 e. The first-order valence-electron chi connectivity index (χ1n) is 15.2. The Morgan fingerprint density at radius 2 is 1.73 bits per heavy atom. The zero-order chi connectivity index (χ0) is 30.6. The molecule has 226 valence electrons. The first kappa shape index (κ1) is 29.0. The smallest absolute Gasteiger partial charge is 0.263 e. The van der Waals surface area contributed by atoms with Gasteiger partial charge in [-0.15, -0.1) is 11.3 Å². The van der Waals surface area contributed by atoms with Crippen molar-refractivity contribution in [1.82, 2.24) is 9.72 Å². The largest absolute Gasteiger partial charge is 0.489 e. The Morgan fingerprint density at radius 1 is 0.956 bits per heavy atom. The molecule has 4 heterocycles. The third-order valence-corrected chi connectivity index (χ3v) is 9.14. The average molecular weight is 616 g/mol. The minimum absolute atomic E-state index is 0.0378. The van der Waals surface area contributed by atoms with Crippen molar-refractivity contribution in [2.45, 2.75) is 19.1 Å². The van der Waals surface area contributed by atoms with E-state index in [0.717, 1.165) is 51.3 Å². The Hall–Kier alpha value is -4.76. The van der Waals surface area contributed by atoms with Gasteiger partial charge in [-0.05, 0) is 65.4 Å². The molecule has 7 nitrogen and oxygen atoms in total. The highest BCUT2D eigenvalue weighted by Gasteiger charge is 2.24. The zero-order valence-corrected chi connectivity index (χ0v) is 25.5. The zero-order valence-electron chi connectivity index (χ0n) is 24.7. The molecule has 45 heavy (non-hydrogen) atoms. The van der Waals surface area contributed by atoms with Gasteiger partial charge in [0.15, 0.2) is 0 Å². The van der Waals surface area contributed by atoms with E-state index in [9.17, 15) is 9.59 Å². The summed E-state index contributed by atoms with van der Waals surface area (Å²) in [6.45, 7) is 3.23. The lowest BCUT2D eigenvalue weighted by molar-refractivity contribution is 0.0249. The van der Waals surface area contributed by atoms with Crippen molar-refractivity contribution in [3.63, 3.8) is 0 Å². The molecule has 1 aliphatic rings. The molecule has 1 aliphatic heterocycles. The van der Waals surface area contributed by atoms with E-state index in [2.05, 4.69) is 5.32 Å². The molecule has 0 spiro atoms. The number of amides is 1. The molecule has 6 aromatic rings. The molecule has 8 heteroatoms. The minimum atomic E-state index is -0.178. The van der Waals surface area contributed by atoms with E-state index in [1.165, 1.54) is 11.3 Å². The summed E-state index contributed by atoms with van der Waals surface area (Å²) in [5, 5.41) is 6.18. The van der Waals surface area contributed by atoms with Gasteiger partial charge in [-0.3, -0.25) is 14.0 Å². The summed E-state index contributed by atoms with van der Waals surface area (Å²) in [5.41, 5.74) is 4.33. The van der Waals surface area contributed by atoms with Crippen LogP contribution >= 0.6 is 11.3 Å². The number of para-hydroxylation sites is 1. The molecule has 1 saturated heterocycles. The Balaban J connectivity index is 1.22. The van der Waals surface area contributed by atoms with Crippen LogP contribution in [0.1, 0.15) is 22.3 Å². The van der Waals surface area contributed by atoms with Crippen LogP contribution in [0.3, 0.4) is 0 Å². The number of fused-ring (bicyclic) bond motifs is 3. The molecule has 7 rings (SSSR count). The molecule has 0 aliphatic carbocycles. The van der Waals surface area contributed by atoms with E-state index >= 15 is 0 Å². The number of thiophene rings is 1. The molecular weight excluding hydrogens is 582 g/mol. The van der Waals surface area contributed by atoms with Crippen LogP contribution in [0.25, 0.3) is 26.7 Å². The maximum Gasteiger partial charge on any atom is 0.263 e. The number of aromatic nitrogens is 1. The second kappa shape index (κ2) is 13.1. The number of rotatable bonds is 9. The summed E-state index contributed by atoms with van der Waals surface area (Å²) in [6, 6.07) is 33.1. The first-order valence-corrected chi connectivity index (χ1v) is 16.1. The lowest BCUT2D eigenvalue weighted by atomic mass is 10.1. The average Bonchev–Trinajstić information content (AvgIpc) is 3.60. The third kappa shape index (κ3) is 6.13. The van der Waals surface area contributed by atoms with Gasteiger partial charge >= 0.3 is 0 Å². The first-order chi connectivity index (χ1) is 22.2. The van der Waals surface area contributed by atoms with Crippen LogP contribution in [0.4, 0.5) is 5.69 Å². The quantitative estimate of drug-likeness (QED) is 0.194. The van der Waals surface area contributed by atoms with Crippen LogP contribution < -0.4 is 20.5 Å². The molecule has 1 amide bonds. The number of hydrogen-bond donors (Lipinski definition) is 1. The van der Waals surface area contributed by atoms with Gasteiger partial charge in [-0.25, -0.2) is 0 Å². The van der Waals surface area contributed by atoms with Gasteiger partial charge in [0.05, 0.1) is 28.5 Å². The van der Waals surface area contributed by atoms with Gasteiger partial charge in [0.2, 0.25) is 0 Å². The molecular formula is C37H33N3O4S. The summed E-state index contributed by atoms with van der Waals surface area (Å²) >= 11 is 1.53. The fourth-order valence-electron chi connectivity index (χ4n) is 5.83. The van der Waals surface area contributed by atoms with Gasteiger partial charge in [0, 0.05) is 42.5 Å². The van der Waals surface area contributed by atoms with Crippen LogP contribution in [0.5, 0.6) is 5.75 Å². The highest BCUT2D eigenvalue weighted by molar-refractivity contribution is 7.18. The predicted octanol–water partition coefficient (Wildman–Crippen LogP) is 6.79.